The average Bonchev–Trinajstić information content (AvgIpc) is 3.17. The highest BCUT2D eigenvalue weighted by Gasteiger charge is 2.21. The van der Waals surface area contributed by atoms with Crippen molar-refractivity contribution in [2.24, 2.45) is 5.92 Å². The fraction of sp³-hybridized carbons (Fsp3) is 0.368. The molecule has 1 aliphatic rings. The number of para-hydroxylation sites is 2. The number of hydrogen-bond donors (Lipinski definition) is 2. The van der Waals surface area contributed by atoms with Crippen molar-refractivity contribution >= 4 is 30.7 Å². The Morgan fingerprint density at radius 3 is 2.63 bits per heavy atom. The Kier molecular flexibility index (Phi) is 9.93. The van der Waals surface area contributed by atoms with E-state index in [0.717, 1.165) is 25.1 Å². The molecule has 2 N–H and O–H groups in total. The van der Waals surface area contributed by atoms with Gasteiger partial charge in [0.15, 0.2) is 11.5 Å². The average molecular weight is 414 g/mol. The second-order valence-corrected chi connectivity index (χ2v) is 5.89. The van der Waals surface area contributed by atoms with Crippen LogP contribution >= 0.6 is 24.8 Å². The van der Waals surface area contributed by atoms with E-state index >= 15 is 0 Å². The van der Waals surface area contributed by atoms with Gasteiger partial charge in [0.2, 0.25) is 11.8 Å². The summed E-state index contributed by atoms with van der Waals surface area (Å²) in [5.74, 6) is 1.98. The highest BCUT2D eigenvalue weighted by molar-refractivity contribution is 5.85. The van der Waals surface area contributed by atoms with E-state index < -0.39 is 0 Å². The van der Waals surface area contributed by atoms with E-state index in [1.807, 2.05) is 37.3 Å². The summed E-state index contributed by atoms with van der Waals surface area (Å²) in [4.78, 5) is 16.3. The molecule has 1 atom stereocenters. The molecule has 1 amide bonds. The summed E-state index contributed by atoms with van der Waals surface area (Å²) in [6.07, 6.45) is 2.61. The van der Waals surface area contributed by atoms with Gasteiger partial charge >= 0.3 is 0 Å². The van der Waals surface area contributed by atoms with Crippen LogP contribution in [-0.2, 0) is 11.3 Å². The van der Waals surface area contributed by atoms with E-state index in [-0.39, 0.29) is 36.6 Å². The smallest absolute Gasteiger partial charge is 0.224 e. The Morgan fingerprint density at radius 1 is 1.22 bits per heavy atom. The first kappa shape index (κ1) is 23.0. The van der Waals surface area contributed by atoms with Crippen LogP contribution in [0, 0.1) is 5.92 Å². The maximum Gasteiger partial charge on any atom is 0.224 e. The summed E-state index contributed by atoms with van der Waals surface area (Å²) < 4.78 is 11.3. The van der Waals surface area contributed by atoms with Gasteiger partial charge in [0.05, 0.1) is 12.5 Å². The Bertz CT molecular complexity index is 708. The highest BCUT2D eigenvalue weighted by atomic mass is 35.5. The summed E-state index contributed by atoms with van der Waals surface area (Å²) in [5.41, 5.74) is 0.935. The molecule has 2 heterocycles. The van der Waals surface area contributed by atoms with Crippen LogP contribution in [0.1, 0.15) is 18.9 Å². The van der Waals surface area contributed by atoms with Crippen LogP contribution in [0.15, 0.2) is 42.6 Å². The zero-order valence-corrected chi connectivity index (χ0v) is 16.8. The molecule has 0 saturated carbocycles. The molecule has 0 radical (unpaired) electrons. The third-order valence-electron chi connectivity index (χ3n) is 4.06. The molecule has 0 bridgehead atoms. The Labute approximate surface area is 171 Å². The minimum Gasteiger partial charge on any atom is -0.490 e. The third kappa shape index (κ3) is 6.57. The van der Waals surface area contributed by atoms with E-state index in [1.165, 1.54) is 0 Å². The fourth-order valence-corrected chi connectivity index (χ4v) is 2.71. The van der Waals surface area contributed by atoms with Crippen LogP contribution in [0.4, 0.5) is 0 Å². The minimum atomic E-state index is 0. The molecule has 1 aromatic heterocycles. The lowest BCUT2D eigenvalue weighted by atomic mass is 10.1. The molecule has 148 valence electrons. The molecule has 1 aliphatic heterocycles. The van der Waals surface area contributed by atoms with Crippen molar-refractivity contribution in [3.63, 3.8) is 0 Å². The largest absolute Gasteiger partial charge is 0.490 e. The fourth-order valence-electron chi connectivity index (χ4n) is 2.71. The zero-order valence-electron chi connectivity index (χ0n) is 15.1. The van der Waals surface area contributed by atoms with Crippen molar-refractivity contribution < 1.29 is 14.3 Å². The van der Waals surface area contributed by atoms with Crippen LogP contribution in [0.5, 0.6) is 17.4 Å². The molecular formula is C19H25Cl2N3O3. The van der Waals surface area contributed by atoms with Crippen LogP contribution in [0.2, 0.25) is 0 Å². The summed E-state index contributed by atoms with van der Waals surface area (Å²) in [6, 6.07) is 11.2. The molecule has 1 unspecified atom stereocenters. The number of halogens is 2. The Morgan fingerprint density at radius 2 is 2.00 bits per heavy atom. The zero-order chi connectivity index (χ0) is 17.5. The van der Waals surface area contributed by atoms with E-state index in [4.69, 9.17) is 9.47 Å². The van der Waals surface area contributed by atoms with Crippen LogP contribution in [-0.4, -0.2) is 30.6 Å². The van der Waals surface area contributed by atoms with Gasteiger partial charge in [-0.05, 0) is 37.6 Å². The first-order valence-corrected chi connectivity index (χ1v) is 8.59. The lowest BCUT2D eigenvalue weighted by Gasteiger charge is -2.12. The quantitative estimate of drug-likeness (QED) is 0.727. The van der Waals surface area contributed by atoms with Crippen molar-refractivity contribution in [1.82, 2.24) is 15.6 Å². The summed E-state index contributed by atoms with van der Waals surface area (Å²) in [6.45, 7) is 4.64. The van der Waals surface area contributed by atoms with Crippen molar-refractivity contribution in [2.45, 2.75) is 19.9 Å². The van der Waals surface area contributed by atoms with Crippen LogP contribution in [0.3, 0.4) is 0 Å². The van der Waals surface area contributed by atoms with Crippen LogP contribution < -0.4 is 20.1 Å². The second-order valence-electron chi connectivity index (χ2n) is 5.89. The van der Waals surface area contributed by atoms with Gasteiger partial charge < -0.3 is 20.1 Å². The molecule has 8 heteroatoms. The van der Waals surface area contributed by atoms with Gasteiger partial charge in [-0.15, -0.1) is 24.8 Å². The van der Waals surface area contributed by atoms with Gasteiger partial charge in [-0.2, -0.15) is 0 Å². The molecule has 0 spiro atoms. The maximum atomic E-state index is 12.0. The summed E-state index contributed by atoms with van der Waals surface area (Å²) in [7, 11) is 0. The number of carbonyl (C=O) groups is 1. The number of nitrogens with zero attached hydrogens (tertiary/aromatic N) is 1. The van der Waals surface area contributed by atoms with E-state index in [0.29, 0.717) is 30.5 Å². The number of nitrogens with one attached hydrogen (secondary N) is 2. The maximum absolute atomic E-state index is 12.0. The molecule has 3 rings (SSSR count). The van der Waals surface area contributed by atoms with E-state index in [2.05, 4.69) is 15.6 Å². The number of aromatic nitrogens is 1. The number of ether oxygens (including phenoxy) is 2. The van der Waals surface area contributed by atoms with E-state index in [9.17, 15) is 4.79 Å². The summed E-state index contributed by atoms with van der Waals surface area (Å²) in [5, 5.41) is 6.15. The molecule has 6 nitrogen and oxygen atoms in total. The van der Waals surface area contributed by atoms with E-state index in [1.54, 1.807) is 12.3 Å². The number of benzene rings is 1. The van der Waals surface area contributed by atoms with Gasteiger partial charge in [-0.1, -0.05) is 18.2 Å². The number of amides is 1. The molecule has 1 aromatic carbocycles. The first-order chi connectivity index (χ1) is 12.3. The molecule has 1 saturated heterocycles. The lowest BCUT2D eigenvalue weighted by molar-refractivity contribution is -0.124. The molecule has 27 heavy (non-hydrogen) atoms. The molecule has 0 aliphatic carbocycles. The number of rotatable bonds is 7. The molecule has 2 aromatic rings. The predicted octanol–water partition coefficient (Wildman–Crippen LogP) is 3.34. The van der Waals surface area contributed by atoms with Crippen molar-refractivity contribution in [3.8, 4) is 17.4 Å². The number of hydrogen-bond acceptors (Lipinski definition) is 5. The SMILES string of the molecule is CCOc1ccccc1Oc1ccc(CNC(=O)C2CCNC2)cn1.Cl.Cl. The van der Waals surface area contributed by atoms with Gasteiger partial charge in [-0.25, -0.2) is 4.98 Å². The lowest BCUT2D eigenvalue weighted by Crippen LogP contribution is -2.31. The second kappa shape index (κ2) is 11.6. The topological polar surface area (TPSA) is 72.5 Å². The first-order valence-electron chi connectivity index (χ1n) is 8.59. The highest BCUT2D eigenvalue weighted by Crippen LogP contribution is 2.30. The van der Waals surface area contributed by atoms with Crippen molar-refractivity contribution in [2.75, 3.05) is 19.7 Å². The van der Waals surface area contributed by atoms with Crippen molar-refractivity contribution in [3.05, 3.63) is 48.2 Å². The predicted molar refractivity (Wildman–Crippen MR) is 109 cm³/mol. The van der Waals surface area contributed by atoms with Gasteiger partial charge in [-0.3, -0.25) is 4.79 Å². The number of carbonyl (C=O) groups excluding carboxylic acids is 1. The normalized spacial score (nSPS) is 15.2. The molecule has 1 fully saturated rings. The number of pyridine rings is 1. The van der Waals surface area contributed by atoms with Gasteiger partial charge in [0.1, 0.15) is 0 Å². The Hall–Kier alpha value is -2.02. The minimum absolute atomic E-state index is 0. The van der Waals surface area contributed by atoms with Crippen molar-refractivity contribution in [1.29, 1.82) is 0 Å². The standard InChI is InChI=1S/C19H23N3O3.2ClH/c1-2-24-16-5-3-4-6-17(16)25-18-8-7-14(11-21-18)12-22-19(23)15-9-10-20-13-15;;/h3-8,11,15,20H,2,9-10,12-13H2,1H3,(H,22,23);2*1H. The molecular weight excluding hydrogens is 389 g/mol. The summed E-state index contributed by atoms with van der Waals surface area (Å²) >= 11 is 0. The van der Waals surface area contributed by atoms with Crippen LogP contribution in [0.25, 0.3) is 0 Å². The Balaban J connectivity index is 0.00000182. The van der Waals surface area contributed by atoms with Gasteiger partial charge in [0, 0.05) is 25.4 Å². The van der Waals surface area contributed by atoms with Gasteiger partial charge in [0.25, 0.3) is 0 Å². The third-order valence-corrected chi connectivity index (χ3v) is 4.06. The monoisotopic (exact) mass is 413 g/mol.